The van der Waals surface area contributed by atoms with E-state index in [1.807, 2.05) is 6.92 Å². The van der Waals surface area contributed by atoms with Gasteiger partial charge in [0.05, 0.1) is 11.0 Å². The minimum atomic E-state index is -1.11. The molecular formula is C10H12N2O4. The Hall–Kier alpha value is -2.11. The molecule has 86 valence electrons. The van der Waals surface area contributed by atoms with E-state index in [9.17, 15) is 14.9 Å². The van der Waals surface area contributed by atoms with E-state index in [2.05, 4.69) is 5.32 Å². The highest BCUT2D eigenvalue weighted by Crippen LogP contribution is 2.19. The number of benzene rings is 1. The Morgan fingerprint density at radius 3 is 2.44 bits per heavy atom. The van der Waals surface area contributed by atoms with Crippen molar-refractivity contribution in [2.24, 2.45) is 0 Å². The van der Waals surface area contributed by atoms with E-state index < -0.39 is 11.0 Å². The summed E-state index contributed by atoms with van der Waals surface area (Å²) in [6.07, 6.45) is -0.519. The van der Waals surface area contributed by atoms with E-state index in [1.165, 1.54) is 12.1 Å². The molecule has 0 fully saturated rings. The summed E-state index contributed by atoms with van der Waals surface area (Å²) in [5, 5.41) is 21.4. The third-order valence-electron chi connectivity index (χ3n) is 2.21. The van der Waals surface area contributed by atoms with E-state index in [-0.39, 0.29) is 11.7 Å². The summed E-state index contributed by atoms with van der Waals surface area (Å²) < 4.78 is 0. The standard InChI is InChI=1S/C10H12N2O4/c1-2-9(11-10(13)14)7-3-5-8(6-4-7)12(15)16/h3-6,9,11H,2H2,1H3,(H,13,14). The largest absolute Gasteiger partial charge is 0.465 e. The van der Waals surface area contributed by atoms with Gasteiger partial charge in [0, 0.05) is 12.1 Å². The lowest BCUT2D eigenvalue weighted by molar-refractivity contribution is -0.384. The Bertz CT molecular complexity index is 388. The smallest absolute Gasteiger partial charge is 0.405 e. The number of nitro benzene ring substituents is 1. The number of nitrogens with one attached hydrogen (secondary N) is 1. The van der Waals surface area contributed by atoms with Crippen LogP contribution < -0.4 is 5.32 Å². The van der Waals surface area contributed by atoms with Gasteiger partial charge in [0.1, 0.15) is 0 Å². The number of hydrogen-bond acceptors (Lipinski definition) is 3. The first-order valence-corrected chi connectivity index (χ1v) is 4.78. The average molecular weight is 224 g/mol. The molecule has 16 heavy (non-hydrogen) atoms. The molecule has 1 unspecified atom stereocenters. The summed E-state index contributed by atoms with van der Waals surface area (Å²) in [5.41, 5.74) is 0.712. The van der Waals surface area contributed by atoms with E-state index in [1.54, 1.807) is 12.1 Å². The zero-order valence-electron chi connectivity index (χ0n) is 8.71. The van der Waals surface area contributed by atoms with Gasteiger partial charge in [-0.25, -0.2) is 4.79 Å². The maximum Gasteiger partial charge on any atom is 0.405 e. The second-order valence-corrected chi connectivity index (χ2v) is 3.26. The molecule has 0 spiro atoms. The molecule has 0 saturated heterocycles. The van der Waals surface area contributed by atoms with Crippen molar-refractivity contribution in [1.82, 2.24) is 5.32 Å². The van der Waals surface area contributed by atoms with Gasteiger partial charge in [-0.1, -0.05) is 19.1 Å². The van der Waals surface area contributed by atoms with Crippen LogP contribution in [-0.2, 0) is 0 Å². The highest BCUT2D eigenvalue weighted by atomic mass is 16.6. The van der Waals surface area contributed by atoms with Crippen molar-refractivity contribution in [1.29, 1.82) is 0 Å². The molecule has 0 heterocycles. The Balaban J connectivity index is 2.86. The van der Waals surface area contributed by atoms with Crippen LogP contribution in [0.4, 0.5) is 10.5 Å². The molecular weight excluding hydrogens is 212 g/mol. The van der Waals surface area contributed by atoms with Gasteiger partial charge in [-0.05, 0) is 12.0 Å². The molecule has 1 rings (SSSR count). The van der Waals surface area contributed by atoms with E-state index in [0.29, 0.717) is 6.42 Å². The van der Waals surface area contributed by atoms with Gasteiger partial charge in [0.15, 0.2) is 0 Å². The van der Waals surface area contributed by atoms with Crippen molar-refractivity contribution in [3.63, 3.8) is 0 Å². The summed E-state index contributed by atoms with van der Waals surface area (Å²) in [6, 6.07) is 5.51. The summed E-state index contributed by atoms with van der Waals surface area (Å²) in [7, 11) is 0. The molecule has 1 amide bonds. The van der Waals surface area contributed by atoms with Gasteiger partial charge in [0.25, 0.3) is 5.69 Å². The van der Waals surface area contributed by atoms with Gasteiger partial charge < -0.3 is 10.4 Å². The van der Waals surface area contributed by atoms with Crippen molar-refractivity contribution in [3.8, 4) is 0 Å². The van der Waals surface area contributed by atoms with Crippen molar-refractivity contribution in [3.05, 3.63) is 39.9 Å². The number of carboxylic acid groups (broad SMARTS) is 1. The number of nitro groups is 1. The molecule has 0 aliphatic carbocycles. The first-order chi connectivity index (χ1) is 7.54. The molecule has 6 heteroatoms. The summed E-state index contributed by atoms with van der Waals surface area (Å²) in [5.74, 6) is 0. The van der Waals surface area contributed by atoms with Crippen LogP contribution in [0.3, 0.4) is 0 Å². The Morgan fingerprint density at radius 1 is 1.50 bits per heavy atom. The highest BCUT2D eigenvalue weighted by Gasteiger charge is 2.13. The zero-order chi connectivity index (χ0) is 12.1. The van der Waals surface area contributed by atoms with Crippen molar-refractivity contribution in [2.45, 2.75) is 19.4 Å². The number of hydrogen-bond donors (Lipinski definition) is 2. The number of nitrogens with zero attached hydrogens (tertiary/aromatic N) is 1. The highest BCUT2D eigenvalue weighted by molar-refractivity contribution is 5.65. The predicted octanol–water partition coefficient (Wildman–Crippen LogP) is 2.31. The molecule has 0 aromatic heterocycles. The Labute approximate surface area is 92.0 Å². The summed E-state index contributed by atoms with van der Waals surface area (Å²) in [6.45, 7) is 1.84. The summed E-state index contributed by atoms with van der Waals surface area (Å²) in [4.78, 5) is 20.4. The van der Waals surface area contributed by atoms with Crippen LogP contribution in [0, 0.1) is 10.1 Å². The summed E-state index contributed by atoms with van der Waals surface area (Å²) >= 11 is 0. The maximum atomic E-state index is 10.5. The topological polar surface area (TPSA) is 92.5 Å². The SMILES string of the molecule is CCC(NC(=O)O)c1ccc([N+](=O)[O-])cc1. The Kier molecular flexibility index (Phi) is 3.82. The van der Waals surface area contributed by atoms with Gasteiger partial charge >= 0.3 is 6.09 Å². The van der Waals surface area contributed by atoms with Crippen LogP contribution in [0.15, 0.2) is 24.3 Å². The monoisotopic (exact) mass is 224 g/mol. The molecule has 0 bridgehead atoms. The molecule has 0 saturated carbocycles. The van der Waals surface area contributed by atoms with Gasteiger partial charge in [-0.2, -0.15) is 0 Å². The lowest BCUT2D eigenvalue weighted by Crippen LogP contribution is -2.26. The fourth-order valence-corrected chi connectivity index (χ4v) is 1.40. The third-order valence-corrected chi connectivity index (χ3v) is 2.21. The van der Waals surface area contributed by atoms with Crippen LogP contribution in [0.5, 0.6) is 0 Å². The molecule has 1 aromatic rings. The minimum Gasteiger partial charge on any atom is -0.465 e. The van der Waals surface area contributed by atoms with Crippen LogP contribution in [0.1, 0.15) is 24.9 Å². The lowest BCUT2D eigenvalue weighted by Gasteiger charge is -2.14. The maximum absolute atomic E-state index is 10.5. The normalized spacial score (nSPS) is 11.8. The molecule has 1 aromatic carbocycles. The fourth-order valence-electron chi connectivity index (χ4n) is 1.40. The van der Waals surface area contributed by atoms with Crippen molar-refractivity contribution in [2.75, 3.05) is 0 Å². The predicted molar refractivity (Wildman–Crippen MR) is 57.3 cm³/mol. The van der Waals surface area contributed by atoms with Gasteiger partial charge in [-0.3, -0.25) is 10.1 Å². The first-order valence-electron chi connectivity index (χ1n) is 4.78. The zero-order valence-corrected chi connectivity index (χ0v) is 8.71. The molecule has 0 radical (unpaired) electrons. The quantitative estimate of drug-likeness (QED) is 0.606. The second-order valence-electron chi connectivity index (χ2n) is 3.26. The van der Waals surface area contributed by atoms with E-state index in [4.69, 9.17) is 5.11 Å². The number of amides is 1. The van der Waals surface area contributed by atoms with E-state index in [0.717, 1.165) is 5.56 Å². The average Bonchev–Trinajstić information content (AvgIpc) is 2.25. The van der Waals surface area contributed by atoms with Crippen LogP contribution in [0.2, 0.25) is 0 Å². The molecule has 2 N–H and O–H groups in total. The van der Waals surface area contributed by atoms with Crippen LogP contribution >= 0.6 is 0 Å². The van der Waals surface area contributed by atoms with E-state index >= 15 is 0 Å². The minimum absolute atomic E-state index is 0.00562. The number of rotatable bonds is 4. The third kappa shape index (κ3) is 2.94. The Morgan fingerprint density at radius 2 is 2.06 bits per heavy atom. The van der Waals surface area contributed by atoms with Crippen LogP contribution in [-0.4, -0.2) is 16.1 Å². The fraction of sp³-hybridized carbons (Fsp3) is 0.300. The van der Waals surface area contributed by atoms with Crippen molar-refractivity contribution >= 4 is 11.8 Å². The lowest BCUT2D eigenvalue weighted by atomic mass is 10.0. The number of carbonyl (C=O) groups is 1. The molecule has 6 nitrogen and oxygen atoms in total. The molecule has 0 aliphatic rings. The van der Waals surface area contributed by atoms with Crippen LogP contribution in [0.25, 0.3) is 0 Å². The van der Waals surface area contributed by atoms with Gasteiger partial charge in [0.2, 0.25) is 0 Å². The van der Waals surface area contributed by atoms with Gasteiger partial charge in [-0.15, -0.1) is 0 Å². The molecule has 0 aliphatic heterocycles. The molecule has 1 atom stereocenters. The number of non-ortho nitro benzene ring substituents is 1. The van der Waals surface area contributed by atoms with Crippen molar-refractivity contribution < 1.29 is 14.8 Å². The second kappa shape index (κ2) is 5.11. The first kappa shape index (κ1) is 12.0.